The molecule has 12 nitrogen and oxygen atoms in total. The van der Waals surface area contributed by atoms with Crippen molar-refractivity contribution in [2.45, 2.75) is 45.1 Å². The molecule has 0 bridgehead atoms. The second-order valence-electron chi connectivity index (χ2n) is 10.1. The van der Waals surface area contributed by atoms with Gasteiger partial charge in [0.05, 0.1) is 24.1 Å². The normalized spacial score (nSPS) is 14.2. The molecule has 4 heterocycles. The van der Waals surface area contributed by atoms with Crippen molar-refractivity contribution in [3.8, 4) is 22.6 Å². The minimum atomic E-state index is -0.0565. The number of nitrogens with zero attached hydrogens (tertiary/aromatic N) is 8. The van der Waals surface area contributed by atoms with Crippen LogP contribution in [0.2, 0.25) is 0 Å². The van der Waals surface area contributed by atoms with Crippen molar-refractivity contribution in [2.24, 2.45) is 14.1 Å². The largest absolute Gasteiger partial charge is 0.421 e. The number of nitrogen functional groups attached to an aromatic ring is 1. The first-order valence-electron chi connectivity index (χ1n) is 13.1. The van der Waals surface area contributed by atoms with E-state index in [2.05, 4.69) is 32.5 Å². The maximum absolute atomic E-state index is 14.1. The topological polar surface area (TPSA) is 146 Å². The maximum Gasteiger partial charge on any atom is 0.262 e. The second kappa shape index (κ2) is 9.61. The van der Waals surface area contributed by atoms with Crippen LogP contribution in [0.25, 0.3) is 33.5 Å². The van der Waals surface area contributed by atoms with Crippen molar-refractivity contribution < 1.29 is 8.98 Å². The van der Waals surface area contributed by atoms with E-state index in [0.717, 1.165) is 36.2 Å². The molecule has 0 aliphatic heterocycles. The van der Waals surface area contributed by atoms with Gasteiger partial charge in [0, 0.05) is 44.2 Å². The molecule has 6 rings (SSSR count). The summed E-state index contributed by atoms with van der Waals surface area (Å²) < 4.78 is 11.0. The maximum atomic E-state index is 14.1. The van der Waals surface area contributed by atoms with Gasteiger partial charge in [0.25, 0.3) is 11.4 Å². The highest BCUT2D eigenvalue weighted by Gasteiger charge is 2.32. The van der Waals surface area contributed by atoms with Gasteiger partial charge in [0.15, 0.2) is 5.56 Å². The zero-order valence-electron chi connectivity index (χ0n) is 22.4. The number of nitrogens with two attached hydrogens (primary N) is 1. The first kappa shape index (κ1) is 24.7. The smallest absolute Gasteiger partial charge is 0.262 e. The Morgan fingerprint density at radius 1 is 1.28 bits per heavy atom. The predicted molar refractivity (Wildman–Crippen MR) is 146 cm³/mol. The lowest BCUT2D eigenvalue weighted by Crippen LogP contribution is -2.34. The highest BCUT2D eigenvalue weighted by molar-refractivity contribution is 5.93. The van der Waals surface area contributed by atoms with Crippen LogP contribution in [-0.4, -0.2) is 41.1 Å². The van der Waals surface area contributed by atoms with Crippen LogP contribution in [0.5, 0.6) is 0 Å². The molecule has 0 spiro atoms. The van der Waals surface area contributed by atoms with Crippen LogP contribution in [0.4, 0.5) is 11.6 Å². The fraction of sp³-hybridized carbons (Fsp3) is 0.370. The van der Waals surface area contributed by atoms with Crippen LogP contribution in [0, 0.1) is 6.92 Å². The average molecular weight is 528 g/mol. The number of anilines is 2. The van der Waals surface area contributed by atoms with Crippen LogP contribution in [0.1, 0.15) is 49.9 Å². The molecule has 1 saturated carbocycles. The fourth-order valence-corrected chi connectivity index (χ4v) is 4.98. The third-order valence-corrected chi connectivity index (χ3v) is 7.23. The van der Waals surface area contributed by atoms with Crippen LogP contribution in [0.15, 0.2) is 46.1 Å². The van der Waals surface area contributed by atoms with Gasteiger partial charge >= 0.3 is 0 Å². The van der Waals surface area contributed by atoms with Gasteiger partial charge in [-0.2, -0.15) is 5.10 Å². The highest BCUT2D eigenvalue weighted by Crippen LogP contribution is 2.38. The van der Waals surface area contributed by atoms with E-state index in [1.54, 1.807) is 35.7 Å². The summed E-state index contributed by atoms with van der Waals surface area (Å²) in [7, 11) is 3.67. The zero-order chi connectivity index (χ0) is 27.3. The molecule has 3 N–H and O–H groups in total. The number of nitrogens with one attached hydrogen (secondary N) is 1. The Bertz CT molecular complexity index is 1750. The van der Waals surface area contributed by atoms with E-state index in [4.69, 9.17) is 15.1 Å². The Morgan fingerprint density at radius 3 is 2.77 bits per heavy atom. The van der Waals surface area contributed by atoms with Crippen LogP contribution in [-0.2, 0) is 14.1 Å². The molecule has 1 fully saturated rings. The molecule has 0 radical (unpaired) electrons. The summed E-state index contributed by atoms with van der Waals surface area (Å²) >= 11 is 0. The third kappa shape index (κ3) is 4.41. The summed E-state index contributed by atoms with van der Waals surface area (Å²) in [6.45, 7) is 4.32. The Kier molecular flexibility index (Phi) is 6.09. The lowest BCUT2D eigenvalue weighted by Gasteiger charge is -2.21. The summed E-state index contributed by atoms with van der Waals surface area (Å²) in [4.78, 5) is 23.7. The summed E-state index contributed by atoms with van der Waals surface area (Å²) in [5, 5.41) is 16.5. The Hall–Kier alpha value is -4.61. The van der Waals surface area contributed by atoms with E-state index in [1.807, 2.05) is 36.0 Å². The van der Waals surface area contributed by atoms with E-state index in [9.17, 15) is 4.79 Å². The molecule has 1 unspecified atom stereocenters. The number of benzene rings is 1. The monoisotopic (exact) mass is 527 g/mol. The second-order valence-corrected chi connectivity index (χ2v) is 10.1. The molecule has 0 amide bonds. The molecule has 1 aliphatic carbocycles. The van der Waals surface area contributed by atoms with E-state index >= 15 is 0 Å². The molecular formula is C27H31N10O2+. The molecule has 1 aliphatic rings. The highest BCUT2D eigenvalue weighted by atomic mass is 16.4. The van der Waals surface area contributed by atoms with Crippen LogP contribution >= 0.6 is 0 Å². The van der Waals surface area contributed by atoms with Gasteiger partial charge in [-0.3, -0.25) is 14.0 Å². The predicted octanol–water partition coefficient (Wildman–Crippen LogP) is 2.90. The standard InChI is InChI=1S/C27H30N10O2/c1-5-16(11-29-24-22(23(28)35(3)14-30-24)26-34-33-15(2)39-26)25-32-20-8-6-7-19(17-12-31-36(4)13-17)21(20)27(38)37(25)18-9-10-18/h6-8,12-14,16,18H,5,9-11H2,1-4H3,(H2,28,29,34)/p+1. The first-order chi connectivity index (χ1) is 18.9. The van der Waals surface area contributed by atoms with Gasteiger partial charge in [-0.25, -0.2) is 9.55 Å². The number of hydrogen-bond acceptors (Lipinski definition) is 9. The van der Waals surface area contributed by atoms with Crippen molar-refractivity contribution in [1.82, 2.24) is 34.5 Å². The Morgan fingerprint density at radius 2 is 2.10 bits per heavy atom. The lowest BCUT2D eigenvalue weighted by molar-refractivity contribution is -0.659. The summed E-state index contributed by atoms with van der Waals surface area (Å²) in [6.07, 6.45) is 8.04. The third-order valence-electron chi connectivity index (χ3n) is 7.23. The molecule has 200 valence electrons. The summed E-state index contributed by atoms with van der Waals surface area (Å²) in [5.74, 6) is 2.44. The van der Waals surface area contributed by atoms with Crippen molar-refractivity contribution >= 4 is 22.5 Å². The summed E-state index contributed by atoms with van der Waals surface area (Å²) in [5.41, 5.74) is 9.35. The fourth-order valence-electron chi connectivity index (χ4n) is 4.98. The number of fused-ring (bicyclic) bond motifs is 1. The molecule has 4 aromatic heterocycles. The number of rotatable bonds is 8. The molecule has 12 heteroatoms. The van der Waals surface area contributed by atoms with Crippen molar-refractivity contribution in [2.75, 3.05) is 17.6 Å². The van der Waals surface area contributed by atoms with Crippen molar-refractivity contribution in [3.05, 3.63) is 59.0 Å². The molecule has 1 aromatic carbocycles. The van der Waals surface area contributed by atoms with Crippen LogP contribution in [0.3, 0.4) is 0 Å². The van der Waals surface area contributed by atoms with Gasteiger partial charge in [-0.05, 0) is 30.9 Å². The Labute approximate surface area is 224 Å². The van der Waals surface area contributed by atoms with E-state index in [0.29, 0.717) is 46.4 Å². The Balaban J connectivity index is 1.41. The molecule has 5 aromatic rings. The molecule has 1 atom stereocenters. The van der Waals surface area contributed by atoms with Gasteiger partial charge in [0.1, 0.15) is 5.82 Å². The first-order valence-corrected chi connectivity index (χ1v) is 13.1. The van der Waals surface area contributed by atoms with Gasteiger partial charge < -0.3 is 15.5 Å². The quantitative estimate of drug-likeness (QED) is 0.291. The van der Waals surface area contributed by atoms with E-state index in [-0.39, 0.29) is 17.5 Å². The minimum Gasteiger partial charge on any atom is -0.421 e. The van der Waals surface area contributed by atoms with Gasteiger partial charge in [0.2, 0.25) is 23.9 Å². The van der Waals surface area contributed by atoms with Crippen LogP contribution < -0.4 is 21.2 Å². The lowest BCUT2D eigenvalue weighted by atomic mass is 10.0. The zero-order valence-corrected chi connectivity index (χ0v) is 22.4. The molecular weight excluding hydrogens is 496 g/mol. The minimum absolute atomic E-state index is 0.00784. The number of aryl methyl sites for hydroxylation is 3. The van der Waals surface area contributed by atoms with Gasteiger partial charge in [-0.1, -0.05) is 24.0 Å². The molecule has 0 saturated heterocycles. The SMILES string of the molecule is CCC(CNc1nc[n+](C)c(N)c1-c1nnc(C)o1)c1nc2cccc(-c3cnn(C)c3)c2c(=O)n1C1CC1. The molecule has 39 heavy (non-hydrogen) atoms. The average Bonchev–Trinajstić information content (AvgIpc) is 3.52. The van der Waals surface area contributed by atoms with Gasteiger partial charge in [-0.15, -0.1) is 10.2 Å². The van der Waals surface area contributed by atoms with E-state index < -0.39 is 0 Å². The van der Waals surface area contributed by atoms with E-state index in [1.165, 1.54) is 0 Å². The van der Waals surface area contributed by atoms with Crippen molar-refractivity contribution in [3.63, 3.8) is 0 Å². The number of hydrogen-bond donors (Lipinski definition) is 2. The number of aromatic nitrogens is 8. The summed E-state index contributed by atoms with van der Waals surface area (Å²) in [6, 6.07) is 5.97. The van der Waals surface area contributed by atoms with Crippen molar-refractivity contribution in [1.29, 1.82) is 0 Å².